The van der Waals surface area contributed by atoms with Gasteiger partial charge in [-0.05, 0) is 26.9 Å². The Bertz CT molecular complexity index is 417. The van der Waals surface area contributed by atoms with Crippen molar-refractivity contribution in [3.8, 4) is 5.75 Å². The molecule has 0 atom stereocenters. The molecule has 2 rings (SSSR count). The minimum absolute atomic E-state index is 0.516. The van der Waals surface area contributed by atoms with Crippen LogP contribution in [0.25, 0.3) is 0 Å². The highest BCUT2D eigenvalue weighted by Crippen LogP contribution is 2.33. The molecule has 0 radical (unpaired) electrons. The van der Waals surface area contributed by atoms with Gasteiger partial charge in [0.05, 0.1) is 7.11 Å². The standard InChI is InChI=1S/C12H22N6O/c1-17(2)9-4-6-18(7-5-9)12-10(19-3)11(16-13)14-8-15-12/h8-9H,4-7,13H2,1-3H3,(H,14,15,16). The van der Waals surface area contributed by atoms with E-state index in [1.165, 1.54) is 6.33 Å². The molecular weight excluding hydrogens is 244 g/mol. The highest BCUT2D eigenvalue weighted by molar-refractivity contribution is 5.64. The van der Waals surface area contributed by atoms with Crippen LogP contribution in [0.2, 0.25) is 0 Å². The van der Waals surface area contributed by atoms with E-state index in [1.54, 1.807) is 7.11 Å². The Labute approximate surface area is 113 Å². The summed E-state index contributed by atoms with van der Waals surface area (Å²) in [5.74, 6) is 7.37. The number of hydrazine groups is 1. The molecule has 0 aliphatic carbocycles. The maximum absolute atomic E-state index is 5.44. The van der Waals surface area contributed by atoms with Crippen LogP contribution in [0.3, 0.4) is 0 Å². The molecule has 1 aromatic heterocycles. The van der Waals surface area contributed by atoms with Gasteiger partial charge in [0, 0.05) is 19.1 Å². The minimum atomic E-state index is 0.516. The SMILES string of the molecule is COc1c(NN)ncnc1N1CCC(N(C)C)CC1. The predicted octanol–water partition coefficient (Wildman–Crippen LogP) is 0.301. The van der Waals surface area contributed by atoms with Gasteiger partial charge in [-0.2, -0.15) is 0 Å². The molecule has 1 saturated heterocycles. The van der Waals surface area contributed by atoms with Crippen LogP contribution in [-0.4, -0.2) is 55.2 Å². The summed E-state index contributed by atoms with van der Waals surface area (Å²) < 4.78 is 5.38. The second kappa shape index (κ2) is 6.03. The van der Waals surface area contributed by atoms with Crippen molar-refractivity contribution in [2.24, 2.45) is 5.84 Å². The number of nitrogens with two attached hydrogens (primary N) is 1. The molecule has 0 spiro atoms. The zero-order valence-electron chi connectivity index (χ0n) is 11.8. The molecule has 3 N–H and O–H groups in total. The smallest absolute Gasteiger partial charge is 0.205 e. The molecule has 0 unspecified atom stereocenters. The number of hydrogen-bond donors (Lipinski definition) is 2. The predicted molar refractivity (Wildman–Crippen MR) is 75.3 cm³/mol. The number of aromatic nitrogens is 2. The first kappa shape index (κ1) is 13.8. The molecule has 7 heteroatoms. The van der Waals surface area contributed by atoms with Crippen LogP contribution in [0.5, 0.6) is 5.75 Å². The summed E-state index contributed by atoms with van der Waals surface area (Å²) >= 11 is 0. The Morgan fingerprint density at radius 3 is 2.58 bits per heavy atom. The fourth-order valence-corrected chi connectivity index (χ4v) is 2.47. The van der Waals surface area contributed by atoms with Gasteiger partial charge >= 0.3 is 0 Å². The van der Waals surface area contributed by atoms with E-state index in [1.807, 2.05) is 0 Å². The lowest BCUT2D eigenvalue weighted by atomic mass is 10.0. The zero-order chi connectivity index (χ0) is 13.8. The Kier molecular flexibility index (Phi) is 4.39. The van der Waals surface area contributed by atoms with E-state index >= 15 is 0 Å². The van der Waals surface area contributed by atoms with Crippen molar-refractivity contribution in [2.75, 3.05) is 44.6 Å². The van der Waals surface area contributed by atoms with E-state index in [0.29, 0.717) is 17.6 Å². The first-order chi connectivity index (χ1) is 9.17. The van der Waals surface area contributed by atoms with Gasteiger partial charge in [-0.15, -0.1) is 0 Å². The lowest BCUT2D eigenvalue weighted by molar-refractivity contribution is 0.248. The first-order valence-corrected chi connectivity index (χ1v) is 6.44. The molecule has 0 saturated carbocycles. The van der Waals surface area contributed by atoms with E-state index in [-0.39, 0.29) is 0 Å². The maximum atomic E-state index is 5.44. The van der Waals surface area contributed by atoms with Crippen molar-refractivity contribution in [2.45, 2.75) is 18.9 Å². The van der Waals surface area contributed by atoms with E-state index in [4.69, 9.17) is 10.6 Å². The lowest BCUT2D eigenvalue weighted by Crippen LogP contribution is -2.42. The lowest BCUT2D eigenvalue weighted by Gasteiger charge is -2.36. The molecular formula is C12H22N6O. The summed E-state index contributed by atoms with van der Waals surface area (Å²) in [5.41, 5.74) is 2.54. The van der Waals surface area contributed by atoms with Crippen molar-refractivity contribution < 1.29 is 4.74 Å². The number of nitrogens with one attached hydrogen (secondary N) is 1. The van der Waals surface area contributed by atoms with E-state index < -0.39 is 0 Å². The topological polar surface area (TPSA) is 79.5 Å². The minimum Gasteiger partial charge on any atom is -0.490 e. The monoisotopic (exact) mass is 266 g/mol. The summed E-state index contributed by atoms with van der Waals surface area (Å²) in [4.78, 5) is 12.9. The average Bonchev–Trinajstić information content (AvgIpc) is 2.46. The largest absolute Gasteiger partial charge is 0.490 e. The number of ether oxygens (including phenoxy) is 1. The van der Waals surface area contributed by atoms with Crippen LogP contribution in [0.4, 0.5) is 11.6 Å². The Morgan fingerprint density at radius 1 is 1.37 bits per heavy atom. The fraction of sp³-hybridized carbons (Fsp3) is 0.667. The van der Waals surface area contributed by atoms with Crippen LogP contribution in [0.1, 0.15) is 12.8 Å². The number of anilines is 2. The van der Waals surface area contributed by atoms with Crippen LogP contribution < -0.4 is 20.9 Å². The van der Waals surface area contributed by atoms with Gasteiger partial charge in [-0.3, -0.25) is 0 Å². The Hall–Kier alpha value is -1.60. The molecule has 2 heterocycles. The molecule has 1 fully saturated rings. The summed E-state index contributed by atoms with van der Waals surface area (Å²) in [6.07, 6.45) is 3.74. The number of methoxy groups -OCH3 is 1. The summed E-state index contributed by atoms with van der Waals surface area (Å²) in [6, 6.07) is 0.635. The summed E-state index contributed by atoms with van der Waals surface area (Å²) in [6.45, 7) is 1.92. The van der Waals surface area contributed by atoms with Crippen LogP contribution in [-0.2, 0) is 0 Å². The number of rotatable bonds is 4. The number of piperidine rings is 1. The maximum Gasteiger partial charge on any atom is 0.205 e. The van der Waals surface area contributed by atoms with E-state index in [9.17, 15) is 0 Å². The molecule has 0 amide bonds. The molecule has 7 nitrogen and oxygen atoms in total. The Morgan fingerprint density at radius 2 is 2.05 bits per heavy atom. The zero-order valence-corrected chi connectivity index (χ0v) is 11.8. The van der Waals surface area contributed by atoms with Gasteiger partial charge in [-0.1, -0.05) is 0 Å². The third-order valence-corrected chi connectivity index (χ3v) is 3.62. The van der Waals surface area contributed by atoms with Gasteiger partial charge < -0.3 is 20.0 Å². The quantitative estimate of drug-likeness (QED) is 0.599. The number of nitrogen functional groups attached to an aromatic ring is 1. The van der Waals surface area contributed by atoms with Gasteiger partial charge in [0.1, 0.15) is 6.33 Å². The highest BCUT2D eigenvalue weighted by Gasteiger charge is 2.24. The van der Waals surface area contributed by atoms with Crippen LogP contribution >= 0.6 is 0 Å². The van der Waals surface area contributed by atoms with E-state index in [0.717, 1.165) is 31.7 Å². The van der Waals surface area contributed by atoms with Crippen molar-refractivity contribution in [3.63, 3.8) is 0 Å². The van der Waals surface area contributed by atoms with Crippen molar-refractivity contribution in [3.05, 3.63) is 6.33 Å². The van der Waals surface area contributed by atoms with Gasteiger partial charge in [0.25, 0.3) is 0 Å². The van der Waals surface area contributed by atoms with Crippen molar-refractivity contribution in [1.29, 1.82) is 0 Å². The summed E-state index contributed by atoms with van der Waals surface area (Å²) in [7, 11) is 5.86. The third-order valence-electron chi connectivity index (χ3n) is 3.62. The second-order valence-corrected chi connectivity index (χ2v) is 4.91. The molecule has 1 aromatic rings. The van der Waals surface area contributed by atoms with Crippen molar-refractivity contribution in [1.82, 2.24) is 14.9 Å². The number of hydrogen-bond acceptors (Lipinski definition) is 7. The van der Waals surface area contributed by atoms with Crippen molar-refractivity contribution >= 4 is 11.6 Å². The highest BCUT2D eigenvalue weighted by atomic mass is 16.5. The van der Waals surface area contributed by atoms with Gasteiger partial charge in [0.2, 0.25) is 5.75 Å². The van der Waals surface area contributed by atoms with Gasteiger partial charge in [0.15, 0.2) is 11.6 Å². The molecule has 0 bridgehead atoms. The van der Waals surface area contributed by atoms with Crippen LogP contribution in [0.15, 0.2) is 6.33 Å². The van der Waals surface area contributed by atoms with Gasteiger partial charge in [-0.25, -0.2) is 15.8 Å². The number of nitrogens with zero attached hydrogens (tertiary/aromatic N) is 4. The Balaban J connectivity index is 2.15. The average molecular weight is 266 g/mol. The normalized spacial score (nSPS) is 16.8. The molecule has 1 aliphatic rings. The molecule has 1 aliphatic heterocycles. The first-order valence-electron chi connectivity index (χ1n) is 6.44. The molecule has 106 valence electrons. The fourth-order valence-electron chi connectivity index (χ4n) is 2.47. The van der Waals surface area contributed by atoms with Crippen LogP contribution in [0, 0.1) is 0 Å². The molecule has 19 heavy (non-hydrogen) atoms. The van der Waals surface area contributed by atoms with E-state index in [2.05, 4.69) is 39.3 Å². The third kappa shape index (κ3) is 2.87. The molecule has 0 aromatic carbocycles. The summed E-state index contributed by atoms with van der Waals surface area (Å²) in [5, 5.41) is 0. The second-order valence-electron chi connectivity index (χ2n) is 4.91.